The Morgan fingerprint density at radius 1 is 1.34 bits per heavy atom. The van der Waals surface area contributed by atoms with Crippen molar-refractivity contribution in [3.63, 3.8) is 0 Å². The Balaban J connectivity index is 2.54. The lowest BCUT2D eigenvalue weighted by atomic mass is 9.78. The standard InChI is InChI=1S/C19H19BrN2O6S/c1-4-28-14(23)9-29-18-11(8-21)15(16(17(24)22-18)19(25)27-3)10-5-6-13(26-2)12(20)7-10/h5-7,15-16H,4,9H2,1-3H3,(H,22,24)/t15-,16-/m1/s1. The number of carbonyl (C=O) groups excluding carboxylic acids is 3. The van der Waals surface area contributed by atoms with Crippen LogP contribution in [0.1, 0.15) is 18.4 Å². The molecule has 0 unspecified atom stereocenters. The van der Waals surface area contributed by atoms with Gasteiger partial charge in [-0.2, -0.15) is 5.26 Å². The molecule has 0 bridgehead atoms. The molecule has 0 aromatic heterocycles. The van der Waals surface area contributed by atoms with Crippen molar-refractivity contribution in [1.29, 1.82) is 5.26 Å². The van der Waals surface area contributed by atoms with E-state index in [9.17, 15) is 19.6 Å². The van der Waals surface area contributed by atoms with Crippen LogP contribution in [0.25, 0.3) is 0 Å². The number of nitrogens with zero attached hydrogens (tertiary/aromatic N) is 1. The molecule has 154 valence electrons. The van der Waals surface area contributed by atoms with Crippen LogP contribution in [0.2, 0.25) is 0 Å². The van der Waals surface area contributed by atoms with Gasteiger partial charge in [0.2, 0.25) is 5.91 Å². The van der Waals surface area contributed by atoms with Crippen molar-refractivity contribution in [2.24, 2.45) is 5.92 Å². The van der Waals surface area contributed by atoms with Gasteiger partial charge in [-0.3, -0.25) is 14.4 Å². The number of halogens is 1. The Kier molecular flexibility index (Phi) is 8.10. The molecule has 1 aliphatic rings. The summed E-state index contributed by atoms with van der Waals surface area (Å²) in [6.45, 7) is 1.91. The highest BCUT2D eigenvalue weighted by molar-refractivity contribution is 9.10. The molecule has 0 spiro atoms. The number of nitrogens with one attached hydrogen (secondary N) is 1. The SMILES string of the molecule is CCOC(=O)CSC1=C(C#N)[C@@H](c2ccc(OC)c(Br)c2)[C@@H](C(=O)OC)C(=O)N1. The quantitative estimate of drug-likeness (QED) is 0.465. The van der Waals surface area contributed by atoms with Crippen molar-refractivity contribution in [3.05, 3.63) is 38.8 Å². The fraction of sp³-hybridized carbons (Fsp3) is 0.368. The van der Waals surface area contributed by atoms with E-state index < -0.39 is 29.7 Å². The molecule has 0 saturated heterocycles. The maximum atomic E-state index is 12.7. The van der Waals surface area contributed by atoms with E-state index in [4.69, 9.17) is 14.2 Å². The van der Waals surface area contributed by atoms with Crippen LogP contribution in [0.5, 0.6) is 5.75 Å². The summed E-state index contributed by atoms with van der Waals surface area (Å²) in [4.78, 5) is 36.8. The monoisotopic (exact) mass is 482 g/mol. The van der Waals surface area contributed by atoms with Gasteiger partial charge in [0.25, 0.3) is 0 Å². The molecule has 2 atom stereocenters. The molecule has 1 amide bonds. The molecule has 1 aliphatic heterocycles. The van der Waals surface area contributed by atoms with E-state index in [-0.39, 0.29) is 23.0 Å². The summed E-state index contributed by atoms with van der Waals surface area (Å²) < 4.78 is 15.5. The van der Waals surface area contributed by atoms with E-state index in [0.29, 0.717) is 15.8 Å². The minimum Gasteiger partial charge on any atom is -0.496 e. The molecule has 0 aliphatic carbocycles. The summed E-state index contributed by atoms with van der Waals surface area (Å²) in [6.07, 6.45) is 0. The largest absolute Gasteiger partial charge is 0.496 e. The highest BCUT2D eigenvalue weighted by atomic mass is 79.9. The molecule has 2 rings (SSSR count). The maximum Gasteiger partial charge on any atom is 0.319 e. The Morgan fingerprint density at radius 3 is 2.62 bits per heavy atom. The Hall–Kier alpha value is -2.51. The number of carbonyl (C=O) groups is 3. The van der Waals surface area contributed by atoms with Gasteiger partial charge in [-0.05, 0) is 40.5 Å². The number of benzene rings is 1. The molecular weight excluding hydrogens is 464 g/mol. The minimum atomic E-state index is -1.25. The van der Waals surface area contributed by atoms with Crippen molar-refractivity contribution in [2.45, 2.75) is 12.8 Å². The summed E-state index contributed by atoms with van der Waals surface area (Å²) in [7, 11) is 2.69. The summed E-state index contributed by atoms with van der Waals surface area (Å²) in [5, 5.41) is 12.6. The first-order valence-corrected chi connectivity index (χ1v) is 10.3. The normalized spacial score (nSPS) is 18.5. The zero-order chi connectivity index (χ0) is 21.6. The topological polar surface area (TPSA) is 115 Å². The van der Waals surface area contributed by atoms with E-state index in [1.54, 1.807) is 25.1 Å². The van der Waals surface area contributed by atoms with Gasteiger partial charge in [-0.1, -0.05) is 17.8 Å². The van der Waals surface area contributed by atoms with E-state index in [2.05, 4.69) is 27.3 Å². The molecule has 0 fully saturated rings. The van der Waals surface area contributed by atoms with Crippen LogP contribution in [0.3, 0.4) is 0 Å². The van der Waals surface area contributed by atoms with Crippen molar-refractivity contribution < 1.29 is 28.6 Å². The smallest absolute Gasteiger partial charge is 0.319 e. The highest BCUT2D eigenvalue weighted by Gasteiger charge is 2.44. The van der Waals surface area contributed by atoms with E-state index in [0.717, 1.165) is 11.8 Å². The summed E-state index contributed by atoms with van der Waals surface area (Å²) in [5.41, 5.74) is 0.708. The molecule has 0 radical (unpaired) electrons. The second kappa shape index (κ2) is 10.3. The average molecular weight is 483 g/mol. The number of allylic oxidation sites excluding steroid dienone is 1. The first-order chi connectivity index (χ1) is 13.9. The predicted octanol–water partition coefficient (Wildman–Crippen LogP) is 2.49. The maximum absolute atomic E-state index is 12.7. The number of hydrogen-bond acceptors (Lipinski definition) is 8. The second-order valence-corrected chi connectivity index (χ2v) is 7.65. The zero-order valence-corrected chi connectivity index (χ0v) is 18.4. The van der Waals surface area contributed by atoms with Gasteiger partial charge in [-0.15, -0.1) is 0 Å². The number of methoxy groups -OCH3 is 2. The molecule has 8 nitrogen and oxygen atoms in total. The molecule has 1 heterocycles. The molecule has 1 aromatic carbocycles. The number of hydrogen-bond donors (Lipinski definition) is 1. The van der Waals surface area contributed by atoms with E-state index >= 15 is 0 Å². The number of thioether (sulfide) groups is 1. The number of rotatable bonds is 7. The summed E-state index contributed by atoms with van der Waals surface area (Å²) in [5.74, 6) is -3.51. The van der Waals surface area contributed by atoms with E-state index in [1.807, 2.05) is 0 Å². The van der Waals surface area contributed by atoms with Gasteiger partial charge in [0.15, 0.2) is 0 Å². The molecule has 29 heavy (non-hydrogen) atoms. The minimum absolute atomic E-state index is 0.0868. The molecule has 1 aromatic rings. The fourth-order valence-electron chi connectivity index (χ4n) is 2.89. The highest BCUT2D eigenvalue weighted by Crippen LogP contribution is 2.42. The van der Waals surface area contributed by atoms with Crippen molar-refractivity contribution in [2.75, 3.05) is 26.6 Å². The van der Waals surface area contributed by atoms with Crippen LogP contribution in [0.4, 0.5) is 0 Å². The van der Waals surface area contributed by atoms with Crippen LogP contribution in [-0.4, -0.2) is 44.4 Å². The molecular formula is C19H19BrN2O6S. The number of esters is 2. The third kappa shape index (κ3) is 5.10. The Bertz CT molecular complexity index is 895. The van der Waals surface area contributed by atoms with Crippen molar-refractivity contribution >= 4 is 45.5 Å². The first kappa shape index (κ1) is 22.8. The van der Waals surface area contributed by atoms with Gasteiger partial charge in [0, 0.05) is 5.92 Å². The number of ether oxygens (including phenoxy) is 3. The van der Waals surface area contributed by atoms with Crippen LogP contribution < -0.4 is 10.1 Å². The van der Waals surface area contributed by atoms with Gasteiger partial charge >= 0.3 is 11.9 Å². The van der Waals surface area contributed by atoms with Gasteiger partial charge in [0.1, 0.15) is 11.7 Å². The van der Waals surface area contributed by atoms with Crippen LogP contribution >= 0.6 is 27.7 Å². The lowest BCUT2D eigenvalue weighted by Crippen LogP contribution is -2.44. The van der Waals surface area contributed by atoms with Crippen LogP contribution in [-0.2, 0) is 23.9 Å². The molecule has 10 heteroatoms. The predicted molar refractivity (Wildman–Crippen MR) is 109 cm³/mol. The van der Waals surface area contributed by atoms with Crippen LogP contribution in [0, 0.1) is 17.2 Å². The summed E-state index contributed by atoms with van der Waals surface area (Å²) >= 11 is 4.36. The first-order valence-electron chi connectivity index (χ1n) is 8.52. The number of amides is 1. The van der Waals surface area contributed by atoms with E-state index in [1.165, 1.54) is 14.2 Å². The molecule has 0 saturated carbocycles. The Morgan fingerprint density at radius 2 is 2.07 bits per heavy atom. The second-order valence-electron chi connectivity index (χ2n) is 5.81. The van der Waals surface area contributed by atoms with Crippen molar-refractivity contribution in [1.82, 2.24) is 5.32 Å². The lowest BCUT2D eigenvalue weighted by molar-refractivity contribution is -0.150. The van der Waals surface area contributed by atoms with Gasteiger partial charge in [0.05, 0.1) is 47.7 Å². The van der Waals surface area contributed by atoms with Gasteiger partial charge < -0.3 is 19.5 Å². The Labute approximate surface area is 180 Å². The summed E-state index contributed by atoms with van der Waals surface area (Å²) in [6, 6.07) is 7.10. The average Bonchev–Trinajstić information content (AvgIpc) is 2.71. The zero-order valence-electron chi connectivity index (χ0n) is 16.0. The fourth-order valence-corrected chi connectivity index (χ4v) is 4.29. The third-order valence-electron chi connectivity index (χ3n) is 4.16. The van der Waals surface area contributed by atoms with Crippen LogP contribution in [0.15, 0.2) is 33.3 Å². The van der Waals surface area contributed by atoms with Crippen molar-refractivity contribution in [3.8, 4) is 11.8 Å². The third-order valence-corrected chi connectivity index (χ3v) is 5.77. The van der Waals surface area contributed by atoms with Gasteiger partial charge in [-0.25, -0.2) is 0 Å². The lowest BCUT2D eigenvalue weighted by Gasteiger charge is -2.31. The number of nitriles is 1. The molecule has 1 N–H and O–H groups in total.